The molecule has 0 saturated carbocycles. The number of benzene rings is 3. The number of methoxy groups -OCH3 is 2. The van der Waals surface area contributed by atoms with Crippen molar-refractivity contribution in [1.29, 1.82) is 0 Å². The van der Waals surface area contributed by atoms with Crippen molar-refractivity contribution in [3.05, 3.63) is 130 Å². The second-order valence-electron chi connectivity index (χ2n) is 9.24. The van der Waals surface area contributed by atoms with Crippen molar-refractivity contribution >= 4 is 40.7 Å². The highest BCUT2D eigenvalue weighted by molar-refractivity contribution is 7.07. The molecule has 1 aliphatic rings. The lowest BCUT2D eigenvalue weighted by Gasteiger charge is -2.25. The van der Waals surface area contributed by atoms with E-state index in [2.05, 4.69) is 4.99 Å². The molecule has 0 radical (unpaired) electrons. The quantitative estimate of drug-likeness (QED) is 0.164. The lowest BCUT2D eigenvalue weighted by Crippen LogP contribution is -2.40. The highest BCUT2D eigenvalue weighted by Crippen LogP contribution is 2.37. The summed E-state index contributed by atoms with van der Waals surface area (Å²) < 4.78 is 18.3. The largest absolute Gasteiger partial charge is 0.496 e. The molecule has 1 aromatic heterocycles. The van der Waals surface area contributed by atoms with Crippen molar-refractivity contribution in [2.24, 2.45) is 4.99 Å². The Labute approximate surface area is 248 Å². The first kappa shape index (κ1) is 28.8. The minimum Gasteiger partial charge on any atom is -0.496 e. The molecule has 0 spiro atoms. The van der Waals surface area contributed by atoms with E-state index in [9.17, 15) is 19.7 Å². The Balaban J connectivity index is 1.48. The smallest absolute Gasteiger partial charge is 0.338 e. The van der Waals surface area contributed by atoms with Gasteiger partial charge in [-0.3, -0.25) is 19.5 Å². The van der Waals surface area contributed by atoms with Crippen LogP contribution in [0.2, 0.25) is 5.02 Å². The zero-order chi connectivity index (χ0) is 30.0. The minimum atomic E-state index is -0.861. The van der Waals surface area contributed by atoms with E-state index in [4.69, 9.17) is 25.8 Å². The Bertz CT molecular complexity index is 1890. The SMILES string of the molecule is COC(=O)C1=C(C)N=c2s/c(=C\c3ccc(OCc4ccc([N+](=O)[O-])cc4)cc3)c(=O)n2[C@H]1c1cc(Cl)ccc1OC. The molecule has 1 aliphatic heterocycles. The lowest BCUT2D eigenvalue weighted by molar-refractivity contribution is -0.384. The number of halogens is 1. The summed E-state index contributed by atoms with van der Waals surface area (Å²) in [6.07, 6.45) is 1.74. The van der Waals surface area contributed by atoms with Crippen LogP contribution in [0.1, 0.15) is 29.7 Å². The fourth-order valence-electron chi connectivity index (χ4n) is 4.60. The van der Waals surface area contributed by atoms with Crippen LogP contribution in [0.5, 0.6) is 11.5 Å². The fraction of sp³-hybridized carbons (Fsp3) is 0.167. The summed E-state index contributed by atoms with van der Waals surface area (Å²) in [4.78, 5) is 42.1. The molecule has 0 amide bonds. The van der Waals surface area contributed by atoms with Gasteiger partial charge in [0.1, 0.15) is 24.1 Å². The van der Waals surface area contributed by atoms with Gasteiger partial charge in [0.05, 0.1) is 34.9 Å². The molecule has 214 valence electrons. The Kier molecular flexibility index (Phi) is 8.23. The Morgan fingerprint density at radius 1 is 1.12 bits per heavy atom. The van der Waals surface area contributed by atoms with Crippen LogP contribution in [0.3, 0.4) is 0 Å². The Morgan fingerprint density at radius 3 is 2.48 bits per heavy atom. The van der Waals surface area contributed by atoms with Crippen molar-refractivity contribution in [3.63, 3.8) is 0 Å². The number of carbonyl (C=O) groups excluding carboxylic acids is 1. The van der Waals surface area contributed by atoms with Crippen LogP contribution >= 0.6 is 22.9 Å². The topological polar surface area (TPSA) is 122 Å². The first-order chi connectivity index (χ1) is 20.2. The summed E-state index contributed by atoms with van der Waals surface area (Å²) in [5.41, 5.74) is 2.40. The molecule has 0 fully saturated rings. The van der Waals surface area contributed by atoms with Crippen molar-refractivity contribution in [2.75, 3.05) is 14.2 Å². The number of hydrogen-bond acceptors (Lipinski definition) is 9. The normalized spacial score (nSPS) is 14.7. The third kappa shape index (κ3) is 5.69. The number of hydrogen-bond donors (Lipinski definition) is 0. The molecule has 0 saturated heterocycles. The van der Waals surface area contributed by atoms with Crippen molar-refractivity contribution < 1.29 is 23.9 Å². The maximum atomic E-state index is 13.8. The van der Waals surface area contributed by atoms with Crippen molar-refractivity contribution in [3.8, 4) is 11.5 Å². The van der Waals surface area contributed by atoms with E-state index in [1.807, 2.05) is 12.1 Å². The number of non-ortho nitro benzene ring substituents is 1. The van der Waals surface area contributed by atoms with Crippen LogP contribution in [0.15, 0.2) is 87.8 Å². The van der Waals surface area contributed by atoms with E-state index < -0.39 is 16.9 Å². The summed E-state index contributed by atoms with van der Waals surface area (Å²) in [5.74, 6) is 0.444. The Morgan fingerprint density at radius 2 is 1.83 bits per heavy atom. The average Bonchev–Trinajstić information content (AvgIpc) is 3.29. The molecular weight excluding hydrogens is 582 g/mol. The molecule has 12 heteroatoms. The van der Waals surface area contributed by atoms with E-state index in [1.54, 1.807) is 55.5 Å². The third-order valence-electron chi connectivity index (χ3n) is 6.64. The lowest BCUT2D eigenvalue weighted by atomic mass is 9.95. The maximum Gasteiger partial charge on any atom is 0.338 e. The number of allylic oxidation sites excluding steroid dienone is 1. The minimum absolute atomic E-state index is 0.0167. The predicted octanol–water partition coefficient (Wildman–Crippen LogP) is 4.56. The molecule has 0 aliphatic carbocycles. The van der Waals surface area contributed by atoms with Crippen LogP contribution < -0.4 is 24.4 Å². The monoisotopic (exact) mass is 605 g/mol. The predicted molar refractivity (Wildman–Crippen MR) is 158 cm³/mol. The molecule has 0 unspecified atom stereocenters. The van der Waals surface area contributed by atoms with E-state index >= 15 is 0 Å². The summed E-state index contributed by atoms with van der Waals surface area (Å²) in [6, 6.07) is 17.5. The van der Waals surface area contributed by atoms with Gasteiger partial charge in [-0.2, -0.15) is 0 Å². The van der Waals surface area contributed by atoms with Gasteiger partial charge >= 0.3 is 5.97 Å². The van der Waals surface area contributed by atoms with Gasteiger partial charge in [-0.15, -0.1) is 0 Å². The molecule has 4 aromatic rings. The van der Waals surface area contributed by atoms with Gasteiger partial charge in [0.15, 0.2) is 4.80 Å². The van der Waals surface area contributed by atoms with Crippen molar-refractivity contribution in [2.45, 2.75) is 19.6 Å². The number of nitrogens with zero attached hydrogens (tertiary/aromatic N) is 3. The van der Waals surface area contributed by atoms with E-state index in [0.29, 0.717) is 37.1 Å². The fourth-order valence-corrected chi connectivity index (χ4v) is 5.83. The van der Waals surface area contributed by atoms with E-state index in [-0.39, 0.29) is 23.4 Å². The van der Waals surface area contributed by atoms with Gasteiger partial charge in [0.25, 0.3) is 11.2 Å². The van der Waals surface area contributed by atoms with Gasteiger partial charge in [-0.25, -0.2) is 9.79 Å². The third-order valence-corrected chi connectivity index (χ3v) is 7.86. The van der Waals surface area contributed by atoms with Gasteiger partial charge < -0.3 is 14.2 Å². The zero-order valence-electron chi connectivity index (χ0n) is 22.7. The summed E-state index contributed by atoms with van der Waals surface area (Å²) in [7, 11) is 2.78. The highest BCUT2D eigenvalue weighted by atomic mass is 35.5. The van der Waals surface area contributed by atoms with Crippen molar-refractivity contribution in [1.82, 2.24) is 4.57 Å². The number of aromatic nitrogens is 1. The van der Waals surface area contributed by atoms with Crippen LogP contribution in [0, 0.1) is 10.1 Å². The van der Waals surface area contributed by atoms with Crippen LogP contribution in [0.4, 0.5) is 5.69 Å². The molecule has 3 aromatic carbocycles. The molecule has 1 atom stereocenters. The van der Waals surface area contributed by atoms with Crippen LogP contribution in [-0.4, -0.2) is 29.7 Å². The first-order valence-electron chi connectivity index (χ1n) is 12.6. The number of fused-ring (bicyclic) bond motifs is 1. The van der Waals surface area contributed by atoms with Gasteiger partial charge in [-0.05, 0) is 66.6 Å². The van der Waals surface area contributed by atoms with E-state index in [0.717, 1.165) is 11.1 Å². The van der Waals surface area contributed by atoms with Gasteiger partial charge in [0, 0.05) is 22.7 Å². The standard InChI is InChI=1S/C30H24ClN3O7S/c1-17-26(29(36)40-3)27(23-15-20(31)8-13-24(23)39-2)33-28(35)25(42-30(33)32-17)14-18-6-11-22(12-7-18)41-16-19-4-9-21(10-5-19)34(37)38/h4-15,27H,16H2,1-3H3/b25-14-/t27-/m0/s1. The first-order valence-corrected chi connectivity index (χ1v) is 13.8. The molecule has 10 nitrogen and oxygen atoms in total. The molecule has 0 N–H and O–H groups in total. The van der Waals surface area contributed by atoms with Crippen LogP contribution in [-0.2, 0) is 16.1 Å². The number of esters is 1. The number of thiazole rings is 1. The molecule has 5 rings (SSSR count). The molecule has 0 bridgehead atoms. The summed E-state index contributed by atoms with van der Waals surface area (Å²) in [6.45, 7) is 1.94. The Hall–Kier alpha value is -4.74. The molecular formula is C30H24ClN3O7S. The maximum absolute atomic E-state index is 13.8. The number of nitro benzene ring substituents is 1. The number of rotatable bonds is 8. The second kappa shape index (κ2) is 12.0. The highest BCUT2D eigenvalue weighted by Gasteiger charge is 2.35. The summed E-state index contributed by atoms with van der Waals surface area (Å²) >= 11 is 7.52. The number of nitro groups is 1. The molecule has 2 heterocycles. The van der Waals surface area contributed by atoms with Crippen LogP contribution in [0.25, 0.3) is 6.08 Å². The molecule has 42 heavy (non-hydrogen) atoms. The number of carbonyl (C=O) groups is 1. The zero-order valence-corrected chi connectivity index (χ0v) is 24.3. The van der Waals surface area contributed by atoms with E-state index in [1.165, 1.54) is 42.3 Å². The second-order valence-corrected chi connectivity index (χ2v) is 10.7. The summed E-state index contributed by atoms with van der Waals surface area (Å²) in [5, 5.41) is 11.3. The van der Waals surface area contributed by atoms with Gasteiger partial charge in [0.2, 0.25) is 0 Å². The average molecular weight is 606 g/mol. The van der Waals surface area contributed by atoms with Gasteiger partial charge in [-0.1, -0.05) is 35.1 Å². The number of ether oxygens (including phenoxy) is 3.